The van der Waals surface area contributed by atoms with Crippen LogP contribution < -0.4 is 10.1 Å². The van der Waals surface area contributed by atoms with Crippen LogP contribution in [0.3, 0.4) is 0 Å². The van der Waals surface area contributed by atoms with E-state index in [0.29, 0.717) is 6.04 Å². The molecule has 2 rings (SSSR count). The van der Waals surface area contributed by atoms with Crippen molar-refractivity contribution in [3.8, 4) is 5.75 Å². The van der Waals surface area contributed by atoms with Crippen molar-refractivity contribution in [3.63, 3.8) is 0 Å². The first-order valence-corrected chi connectivity index (χ1v) is 5.96. The molecule has 1 fully saturated rings. The van der Waals surface area contributed by atoms with Gasteiger partial charge in [0.05, 0.1) is 24.9 Å². The highest BCUT2D eigenvalue weighted by Crippen LogP contribution is 2.25. The molecule has 0 amide bonds. The molecule has 0 aromatic heterocycles. The highest BCUT2D eigenvalue weighted by molar-refractivity contribution is 5.56. The third-order valence-corrected chi connectivity index (χ3v) is 2.64. The summed E-state index contributed by atoms with van der Waals surface area (Å²) in [6.45, 7) is 4.53. The lowest BCUT2D eigenvalue weighted by atomic mass is 10.2. The Morgan fingerprint density at radius 3 is 3.06 bits per heavy atom. The van der Waals surface area contributed by atoms with E-state index in [0.717, 1.165) is 44.1 Å². The summed E-state index contributed by atoms with van der Waals surface area (Å²) in [5, 5.41) is 3.47. The van der Waals surface area contributed by atoms with Gasteiger partial charge in [-0.25, -0.2) is 0 Å². The van der Waals surface area contributed by atoms with Crippen LogP contribution in [-0.2, 0) is 4.74 Å². The first-order chi connectivity index (χ1) is 7.90. The van der Waals surface area contributed by atoms with Gasteiger partial charge in [0.15, 0.2) is 0 Å². The van der Waals surface area contributed by atoms with E-state index in [1.165, 1.54) is 0 Å². The summed E-state index contributed by atoms with van der Waals surface area (Å²) in [4.78, 5) is 0. The van der Waals surface area contributed by atoms with Crippen molar-refractivity contribution in [2.75, 3.05) is 25.1 Å². The number of ether oxygens (including phenoxy) is 2. The van der Waals surface area contributed by atoms with Gasteiger partial charge in [-0.1, -0.05) is 19.1 Å². The molecule has 0 bridgehead atoms. The van der Waals surface area contributed by atoms with Gasteiger partial charge in [-0.15, -0.1) is 0 Å². The lowest BCUT2D eigenvalue weighted by molar-refractivity contribution is 0.195. The summed E-state index contributed by atoms with van der Waals surface area (Å²) in [6, 6.07) is 8.52. The first kappa shape index (κ1) is 11.3. The maximum absolute atomic E-state index is 5.69. The van der Waals surface area contributed by atoms with E-state index in [2.05, 4.69) is 18.3 Å². The number of nitrogens with one attached hydrogen (secondary N) is 1. The van der Waals surface area contributed by atoms with E-state index in [1.54, 1.807) is 0 Å². The molecule has 16 heavy (non-hydrogen) atoms. The van der Waals surface area contributed by atoms with Crippen LogP contribution in [0.1, 0.15) is 19.8 Å². The molecule has 0 saturated carbocycles. The standard InChI is InChI=1S/C13H19NO2/c1-2-8-16-13-6-4-3-5-12(13)14-11-7-9-15-10-11/h3-6,11,14H,2,7-10H2,1H3. The molecule has 1 saturated heterocycles. The zero-order chi connectivity index (χ0) is 11.2. The average Bonchev–Trinajstić information content (AvgIpc) is 2.81. The Kier molecular flexibility index (Phi) is 4.05. The van der Waals surface area contributed by atoms with Gasteiger partial charge in [0.1, 0.15) is 5.75 Å². The van der Waals surface area contributed by atoms with Gasteiger partial charge in [-0.2, -0.15) is 0 Å². The molecule has 0 aliphatic carbocycles. The Balaban J connectivity index is 2.00. The third kappa shape index (κ3) is 2.89. The lowest BCUT2D eigenvalue weighted by Gasteiger charge is -2.16. The van der Waals surface area contributed by atoms with Gasteiger partial charge >= 0.3 is 0 Å². The zero-order valence-corrected chi connectivity index (χ0v) is 9.74. The van der Waals surface area contributed by atoms with E-state index in [-0.39, 0.29) is 0 Å². The Hall–Kier alpha value is -1.22. The lowest BCUT2D eigenvalue weighted by Crippen LogP contribution is -2.19. The number of benzene rings is 1. The summed E-state index contributed by atoms with van der Waals surface area (Å²) in [6.07, 6.45) is 2.10. The second-order valence-electron chi connectivity index (χ2n) is 4.05. The van der Waals surface area contributed by atoms with Crippen molar-refractivity contribution in [1.82, 2.24) is 0 Å². The summed E-state index contributed by atoms with van der Waals surface area (Å²) in [5.41, 5.74) is 1.08. The molecule has 1 aliphatic rings. The van der Waals surface area contributed by atoms with Gasteiger partial charge in [0.25, 0.3) is 0 Å². The Morgan fingerprint density at radius 1 is 1.44 bits per heavy atom. The second-order valence-corrected chi connectivity index (χ2v) is 4.05. The molecule has 0 spiro atoms. The van der Waals surface area contributed by atoms with E-state index in [4.69, 9.17) is 9.47 Å². The molecule has 1 heterocycles. The fraction of sp³-hybridized carbons (Fsp3) is 0.538. The molecule has 1 aromatic rings. The van der Waals surface area contributed by atoms with Gasteiger partial charge < -0.3 is 14.8 Å². The summed E-state index contributed by atoms with van der Waals surface area (Å²) in [5.74, 6) is 0.941. The van der Waals surface area contributed by atoms with Crippen LogP contribution in [0, 0.1) is 0 Å². The largest absolute Gasteiger partial charge is 0.491 e. The van der Waals surface area contributed by atoms with Crippen LogP contribution >= 0.6 is 0 Å². The van der Waals surface area contributed by atoms with Gasteiger partial charge in [0, 0.05) is 6.61 Å². The van der Waals surface area contributed by atoms with E-state index < -0.39 is 0 Å². The van der Waals surface area contributed by atoms with Crippen molar-refractivity contribution in [2.24, 2.45) is 0 Å². The molecule has 3 nitrogen and oxygen atoms in total. The normalized spacial score (nSPS) is 19.7. The van der Waals surface area contributed by atoms with Gasteiger partial charge in [-0.05, 0) is 25.0 Å². The number of anilines is 1. The molecule has 0 radical (unpaired) electrons. The Bertz CT molecular complexity index is 321. The smallest absolute Gasteiger partial charge is 0.142 e. The fourth-order valence-corrected chi connectivity index (χ4v) is 1.79. The summed E-state index contributed by atoms with van der Waals surface area (Å²) < 4.78 is 11.0. The fourth-order valence-electron chi connectivity index (χ4n) is 1.79. The predicted octanol–water partition coefficient (Wildman–Crippen LogP) is 2.68. The molecule has 88 valence electrons. The molecular formula is C13H19NO2. The second kappa shape index (κ2) is 5.75. The van der Waals surface area contributed by atoms with Crippen LogP contribution in [0.25, 0.3) is 0 Å². The summed E-state index contributed by atoms with van der Waals surface area (Å²) in [7, 11) is 0. The molecule has 3 heteroatoms. The minimum Gasteiger partial charge on any atom is -0.491 e. The molecule has 1 aromatic carbocycles. The van der Waals surface area contributed by atoms with Crippen molar-refractivity contribution >= 4 is 5.69 Å². The number of rotatable bonds is 5. The minimum absolute atomic E-state index is 0.423. The third-order valence-electron chi connectivity index (χ3n) is 2.64. The van der Waals surface area contributed by atoms with Crippen LogP contribution in [0.5, 0.6) is 5.75 Å². The highest BCUT2D eigenvalue weighted by atomic mass is 16.5. The molecular weight excluding hydrogens is 202 g/mol. The first-order valence-electron chi connectivity index (χ1n) is 5.96. The number of hydrogen-bond acceptors (Lipinski definition) is 3. The maximum Gasteiger partial charge on any atom is 0.142 e. The Morgan fingerprint density at radius 2 is 2.31 bits per heavy atom. The molecule has 1 N–H and O–H groups in total. The van der Waals surface area contributed by atoms with Crippen LogP contribution in [0.15, 0.2) is 24.3 Å². The van der Waals surface area contributed by atoms with Crippen molar-refractivity contribution in [1.29, 1.82) is 0 Å². The number of hydrogen-bond donors (Lipinski definition) is 1. The van der Waals surface area contributed by atoms with Crippen LogP contribution in [0.4, 0.5) is 5.69 Å². The average molecular weight is 221 g/mol. The topological polar surface area (TPSA) is 30.5 Å². The van der Waals surface area contributed by atoms with E-state index in [1.807, 2.05) is 18.2 Å². The highest BCUT2D eigenvalue weighted by Gasteiger charge is 2.16. The van der Waals surface area contributed by atoms with Gasteiger partial charge in [-0.3, -0.25) is 0 Å². The van der Waals surface area contributed by atoms with Gasteiger partial charge in [0.2, 0.25) is 0 Å². The van der Waals surface area contributed by atoms with Crippen LogP contribution in [-0.4, -0.2) is 25.9 Å². The molecule has 1 aliphatic heterocycles. The maximum atomic E-state index is 5.69. The summed E-state index contributed by atoms with van der Waals surface area (Å²) >= 11 is 0. The van der Waals surface area contributed by atoms with E-state index in [9.17, 15) is 0 Å². The van der Waals surface area contributed by atoms with Crippen LogP contribution in [0.2, 0.25) is 0 Å². The number of para-hydroxylation sites is 2. The minimum atomic E-state index is 0.423. The van der Waals surface area contributed by atoms with E-state index >= 15 is 0 Å². The predicted molar refractivity (Wildman–Crippen MR) is 65.1 cm³/mol. The molecule has 1 atom stereocenters. The molecule has 1 unspecified atom stereocenters. The van der Waals surface area contributed by atoms with Crippen molar-refractivity contribution < 1.29 is 9.47 Å². The zero-order valence-electron chi connectivity index (χ0n) is 9.74. The van der Waals surface area contributed by atoms with Crippen molar-refractivity contribution in [2.45, 2.75) is 25.8 Å². The monoisotopic (exact) mass is 221 g/mol. The quantitative estimate of drug-likeness (QED) is 0.829. The van der Waals surface area contributed by atoms with Crippen molar-refractivity contribution in [3.05, 3.63) is 24.3 Å². The SMILES string of the molecule is CCCOc1ccccc1NC1CCOC1. The Labute approximate surface area is 96.8 Å².